The second kappa shape index (κ2) is 5.25. The summed E-state index contributed by atoms with van der Waals surface area (Å²) in [5.74, 6) is -3.03. The summed E-state index contributed by atoms with van der Waals surface area (Å²) in [4.78, 5) is 11.2. The van der Waals surface area contributed by atoms with E-state index in [1.165, 1.54) is 12.1 Å². The monoisotopic (exact) mass is 350 g/mol. The van der Waals surface area contributed by atoms with Crippen molar-refractivity contribution in [2.24, 2.45) is 0 Å². The van der Waals surface area contributed by atoms with E-state index in [2.05, 4.69) is 0 Å². The summed E-state index contributed by atoms with van der Waals surface area (Å²) < 4.78 is 37.6. The van der Waals surface area contributed by atoms with Crippen molar-refractivity contribution in [3.8, 4) is 28.6 Å². The van der Waals surface area contributed by atoms with Crippen LogP contribution < -0.4 is 5.43 Å². The zero-order valence-corrected chi connectivity index (χ0v) is 12.6. The third-order valence-corrected chi connectivity index (χ3v) is 4.26. The van der Waals surface area contributed by atoms with Crippen LogP contribution in [-0.4, -0.2) is 28.3 Å². The van der Waals surface area contributed by atoms with Crippen molar-refractivity contribution in [2.45, 2.75) is 4.90 Å². The summed E-state index contributed by atoms with van der Waals surface area (Å²) in [6.45, 7) is 0. The van der Waals surface area contributed by atoms with Crippen LogP contribution in [0.15, 0.2) is 50.5 Å². The highest BCUT2D eigenvalue weighted by Gasteiger charge is 2.28. The number of hydrogen-bond acceptors (Lipinski definition) is 7. The second-order valence-electron chi connectivity index (χ2n) is 4.90. The summed E-state index contributed by atoms with van der Waals surface area (Å²) in [7, 11) is -4.98. The lowest BCUT2D eigenvalue weighted by molar-refractivity contribution is 0.422. The van der Waals surface area contributed by atoms with E-state index in [4.69, 9.17) is 4.42 Å². The van der Waals surface area contributed by atoms with Gasteiger partial charge in [0.1, 0.15) is 16.9 Å². The predicted molar refractivity (Wildman–Crippen MR) is 82.7 cm³/mol. The molecule has 0 bridgehead atoms. The van der Waals surface area contributed by atoms with Crippen LogP contribution >= 0.6 is 0 Å². The first-order chi connectivity index (χ1) is 11.2. The topological polar surface area (TPSA) is 145 Å². The molecule has 1 aromatic heterocycles. The van der Waals surface area contributed by atoms with Gasteiger partial charge >= 0.3 is 10.1 Å². The SMILES string of the molecule is O=c1c(O)c(-c2ccccc2)oc2c(S(=O)(=O)O)c(O)cc(O)c12. The molecule has 2 aromatic carbocycles. The van der Waals surface area contributed by atoms with Crippen molar-refractivity contribution in [1.82, 2.24) is 0 Å². The first-order valence-corrected chi connectivity index (χ1v) is 7.93. The number of phenols is 2. The average Bonchev–Trinajstić information content (AvgIpc) is 2.49. The Morgan fingerprint density at radius 2 is 1.58 bits per heavy atom. The van der Waals surface area contributed by atoms with E-state index < -0.39 is 48.7 Å². The molecule has 0 aliphatic rings. The molecule has 0 amide bonds. The lowest BCUT2D eigenvalue weighted by atomic mass is 10.1. The average molecular weight is 350 g/mol. The van der Waals surface area contributed by atoms with Gasteiger partial charge in [-0.2, -0.15) is 8.42 Å². The smallest absolute Gasteiger partial charge is 0.302 e. The summed E-state index contributed by atoms with van der Waals surface area (Å²) in [5, 5.41) is 28.9. The van der Waals surface area contributed by atoms with Gasteiger partial charge in [-0.25, -0.2) is 0 Å². The van der Waals surface area contributed by atoms with Crippen LogP contribution in [0.2, 0.25) is 0 Å². The van der Waals surface area contributed by atoms with E-state index in [0.717, 1.165) is 0 Å². The largest absolute Gasteiger partial charge is 0.507 e. The Balaban J connectivity index is 2.58. The maximum atomic E-state index is 12.3. The van der Waals surface area contributed by atoms with Gasteiger partial charge in [-0.05, 0) is 0 Å². The molecule has 0 unspecified atom stereocenters. The first kappa shape index (κ1) is 15.8. The minimum Gasteiger partial charge on any atom is -0.507 e. The summed E-state index contributed by atoms with van der Waals surface area (Å²) in [6, 6.07) is 8.37. The zero-order chi connectivity index (χ0) is 17.6. The maximum absolute atomic E-state index is 12.3. The molecule has 9 heteroatoms. The molecule has 3 aromatic rings. The summed E-state index contributed by atoms with van der Waals surface area (Å²) in [5.41, 5.74) is -1.63. The van der Waals surface area contributed by atoms with Crippen LogP contribution in [0.25, 0.3) is 22.3 Å². The van der Waals surface area contributed by atoms with Crippen LogP contribution in [0, 0.1) is 0 Å². The van der Waals surface area contributed by atoms with E-state index in [1.807, 2.05) is 0 Å². The number of benzene rings is 2. The van der Waals surface area contributed by atoms with E-state index in [9.17, 15) is 33.1 Å². The van der Waals surface area contributed by atoms with Gasteiger partial charge in [0.15, 0.2) is 16.2 Å². The van der Waals surface area contributed by atoms with E-state index in [-0.39, 0.29) is 11.3 Å². The van der Waals surface area contributed by atoms with Crippen molar-refractivity contribution >= 4 is 21.1 Å². The molecule has 124 valence electrons. The maximum Gasteiger partial charge on any atom is 0.302 e. The van der Waals surface area contributed by atoms with Gasteiger partial charge < -0.3 is 19.7 Å². The first-order valence-electron chi connectivity index (χ1n) is 6.49. The van der Waals surface area contributed by atoms with E-state index >= 15 is 0 Å². The Kier molecular flexibility index (Phi) is 3.47. The number of rotatable bonds is 2. The molecular weight excluding hydrogens is 340 g/mol. The Morgan fingerprint density at radius 3 is 2.17 bits per heavy atom. The highest BCUT2D eigenvalue weighted by Crippen LogP contribution is 2.39. The number of fused-ring (bicyclic) bond motifs is 1. The normalized spacial score (nSPS) is 11.7. The summed E-state index contributed by atoms with van der Waals surface area (Å²) in [6.07, 6.45) is 0. The van der Waals surface area contributed by atoms with Gasteiger partial charge in [0, 0.05) is 11.6 Å². The molecule has 8 nitrogen and oxygen atoms in total. The molecule has 0 spiro atoms. The lowest BCUT2D eigenvalue weighted by Gasteiger charge is -2.10. The number of phenolic OH excluding ortho intramolecular Hbond substituents is 2. The Labute approximate surface area is 134 Å². The minimum absolute atomic E-state index is 0.248. The molecule has 0 aliphatic carbocycles. The Morgan fingerprint density at radius 1 is 0.958 bits per heavy atom. The van der Waals surface area contributed by atoms with Crippen LogP contribution in [0.5, 0.6) is 17.2 Å². The molecule has 0 saturated heterocycles. The molecule has 24 heavy (non-hydrogen) atoms. The number of hydrogen-bond donors (Lipinski definition) is 4. The van der Waals surface area contributed by atoms with Gasteiger partial charge in [-0.15, -0.1) is 0 Å². The van der Waals surface area contributed by atoms with Crippen molar-refractivity contribution in [2.75, 3.05) is 0 Å². The van der Waals surface area contributed by atoms with E-state index in [1.54, 1.807) is 18.2 Å². The third kappa shape index (κ3) is 2.36. The molecule has 4 N–H and O–H groups in total. The molecule has 0 fully saturated rings. The fourth-order valence-electron chi connectivity index (χ4n) is 2.34. The minimum atomic E-state index is -4.98. The highest BCUT2D eigenvalue weighted by atomic mass is 32.2. The summed E-state index contributed by atoms with van der Waals surface area (Å²) >= 11 is 0. The zero-order valence-electron chi connectivity index (χ0n) is 11.8. The van der Waals surface area contributed by atoms with Gasteiger partial charge in [0.05, 0.1) is 0 Å². The van der Waals surface area contributed by atoms with E-state index in [0.29, 0.717) is 6.07 Å². The van der Waals surface area contributed by atoms with Gasteiger partial charge in [-0.3, -0.25) is 9.35 Å². The second-order valence-corrected chi connectivity index (χ2v) is 6.26. The molecule has 0 radical (unpaired) electrons. The Bertz CT molecular complexity index is 1110. The molecular formula is C15H10O8S. The van der Waals surface area contributed by atoms with Crippen molar-refractivity contribution in [3.63, 3.8) is 0 Å². The molecule has 3 rings (SSSR count). The third-order valence-electron chi connectivity index (χ3n) is 3.35. The van der Waals surface area contributed by atoms with Gasteiger partial charge in [0.2, 0.25) is 11.2 Å². The van der Waals surface area contributed by atoms with Crippen molar-refractivity contribution in [1.29, 1.82) is 0 Å². The standard InChI is InChI=1S/C15H10O8S/c16-8-6-9(17)15(24(20,21)22)14-10(8)11(18)12(19)13(23-14)7-4-2-1-3-5-7/h1-6,16-17,19H,(H,20,21,22). The van der Waals surface area contributed by atoms with Gasteiger partial charge in [0.25, 0.3) is 0 Å². The fourth-order valence-corrected chi connectivity index (χ4v) is 3.04. The Hall–Kier alpha value is -3.04. The predicted octanol–water partition coefficient (Wildman–Crippen LogP) is 1.82. The lowest BCUT2D eigenvalue weighted by Crippen LogP contribution is -2.07. The quantitative estimate of drug-likeness (QED) is 0.512. The van der Waals surface area contributed by atoms with Crippen molar-refractivity contribution in [3.05, 3.63) is 46.6 Å². The van der Waals surface area contributed by atoms with Crippen LogP contribution in [-0.2, 0) is 10.1 Å². The number of aromatic hydroxyl groups is 3. The fraction of sp³-hybridized carbons (Fsp3) is 0. The van der Waals surface area contributed by atoms with Crippen molar-refractivity contribution < 1.29 is 32.7 Å². The van der Waals surface area contributed by atoms with Crippen LogP contribution in [0.4, 0.5) is 0 Å². The van der Waals surface area contributed by atoms with Crippen LogP contribution in [0.3, 0.4) is 0 Å². The molecule has 0 atom stereocenters. The molecule has 0 aliphatic heterocycles. The molecule has 1 heterocycles. The molecule has 0 saturated carbocycles. The van der Waals surface area contributed by atoms with Gasteiger partial charge in [-0.1, -0.05) is 30.3 Å². The van der Waals surface area contributed by atoms with Crippen LogP contribution in [0.1, 0.15) is 0 Å². The highest BCUT2D eigenvalue weighted by molar-refractivity contribution is 7.86.